The molecule has 0 spiro atoms. The number of amidine groups is 1. The molecular formula is C13H17ClFN3O2. The fourth-order valence-electron chi connectivity index (χ4n) is 1.88. The summed E-state index contributed by atoms with van der Waals surface area (Å²) in [5, 5.41) is 14.4. The molecule has 0 aromatic heterocycles. The molecule has 0 aliphatic heterocycles. The summed E-state index contributed by atoms with van der Waals surface area (Å²) in [6.07, 6.45) is 0.889. The molecule has 0 unspecified atom stereocenters. The van der Waals surface area contributed by atoms with E-state index in [2.05, 4.69) is 10.5 Å². The number of carbonyl (C=O) groups excluding carboxylic acids is 1. The molecule has 20 heavy (non-hydrogen) atoms. The molecule has 5 nitrogen and oxygen atoms in total. The molecule has 1 rings (SSSR count). The Balaban J connectivity index is 3.05. The lowest BCUT2D eigenvalue weighted by Gasteiger charge is -2.31. The van der Waals surface area contributed by atoms with E-state index in [1.165, 1.54) is 12.1 Å². The second-order valence-electron chi connectivity index (χ2n) is 4.36. The minimum Gasteiger partial charge on any atom is -0.409 e. The molecule has 4 N–H and O–H groups in total. The van der Waals surface area contributed by atoms with Crippen LogP contribution in [0.1, 0.15) is 37.0 Å². The van der Waals surface area contributed by atoms with Crippen LogP contribution in [0.4, 0.5) is 4.39 Å². The summed E-state index contributed by atoms with van der Waals surface area (Å²) in [4.78, 5) is 12.2. The number of nitrogens with one attached hydrogen (secondary N) is 1. The largest absolute Gasteiger partial charge is 0.409 e. The van der Waals surface area contributed by atoms with Gasteiger partial charge in [0.15, 0.2) is 5.84 Å². The first kappa shape index (κ1) is 16.2. The third kappa shape index (κ3) is 3.19. The van der Waals surface area contributed by atoms with Crippen LogP contribution in [-0.4, -0.2) is 22.5 Å². The van der Waals surface area contributed by atoms with Crippen molar-refractivity contribution in [2.75, 3.05) is 0 Å². The zero-order valence-corrected chi connectivity index (χ0v) is 12.0. The van der Waals surface area contributed by atoms with Crippen LogP contribution >= 0.6 is 11.6 Å². The Morgan fingerprint density at radius 2 is 2.10 bits per heavy atom. The minimum absolute atomic E-state index is 0.0796. The average molecular weight is 302 g/mol. The third-order valence-electron chi connectivity index (χ3n) is 3.34. The van der Waals surface area contributed by atoms with Gasteiger partial charge in [0.1, 0.15) is 11.4 Å². The highest BCUT2D eigenvalue weighted by atomic mass is 35.5. The molecule has 0 radical (unpaired) electrons. The highest BCUT2D eigenvalue weighted by Gasteiger charge is 2.33. The molecule has 0 aliphatic carbocycles. The molecule has 110 valence electrons. The van der Waals surface area contributed by atoms with E-state index in [1.54, 1.807) is 13.8 Å². The van der Waals surface area contributed by atoms with Crippen LogP contribution in [0.5, 0.6) is 0 Å². The molecule has 0 aliphatic rings. The summed E-state index contributed by atoms with van der Waals surface area (Å²) < 4.78 is 13.1. The summed E-state index contributed by atoms with van der Waals surface area (Å²) in [6, 6.07) is 3.66. The van der Waals surface area contributed by atoms with Crippen LogP contribution in [0.15, 0.2) is 23.4 Å². The third-order valence-corrected chi connectivity index (χ3v) is 3.63. The van der Waals surface area contributed by atoms with Gasteiger partial charge < -0.3 is 16.3 Å². The molecule has 0 heterocycles. The number of hydrogen-bond donors (Lipinski definition) is 3. The van der Waals surface area contributed by atoms with Crippen molar-refractivity contribution in [2.45, 2.75) is 32.2 Å². The van der Waals surface area contributed by atoms with Gasteiger partial charge in [0.25, 0.3) is 5.91 Å². The minimum atomic E-state index is -0.952. The van der Waals surface area contributed by atoms with E-state index in [0.29, 0.717) is 12.8 Å². The number of rotatable bonds is 5. The van der Waals surface area contributed by atoms with E-state index >= 15 is 0 Å². The van der Waals surface area contributed by atoms with Crippen LogP contribution in [0, 0.1) is 5.82 Å². The van der Waals surface area contributed by atoms with Gasteiger partial charge >= 0.3 is 0 Å². The van der Waals surface area contributed by atoms with Crippen LogP contribution in [-0.2, 0) is 0 Å². The second kappa shape index (κ2) is 6.56. The number of oxime groups is 1. The molecule has 1 amide bonds. The lowest BCUT2D eigenvalue weighted by molar-refractivity contribution is 0.0918. The summed E-state index contributed by atoms with van der Waals surface area (Å²) in [5.41, 5.74) is 4.90. The van der Waals surface area contributed by atoms with Gasteiger partial charge in [0, 0.05) is 5.56 Å². The monoisotopic (exact) mass is 301 g/mol. The van der Waals surface area contributed by atoms with Crippen LogP contribution in [0.2, 0.25) is 5.02 Å². The van der Waals surface area contributed by atoms with E-state index in [4.69, 9.17) is 22.5 Å². The summed E-state index contributed by atoms with van der Waals surface area (Å²) in [6.45, 7) is 3.61. The molecular weight excluding hydrogens is 285 g/mol. The topological polar surface area (TPSA) is 87.7 Å². The van der Waals surface area contributed by atoms with Crippen molar-refractivity contribution in [2.24, 2.45) is 10.9 Å². The van der Waals surface area contributed by atoms with Crippen LogP contribution in [0.25, 0.3) is 0 Å². The summed E-state index contributed by atoms with van der Waals surface area (Å²) >= 11 is 5.64. The standard InChI is InChI=1S/C13H17ClFN3O2/c1-3-13(4-2,12(16)18-20)17-11(19)8-5-6-10(15)9(14)7-8/h5-7,20H,3-4H2,1-2H3,(H2,16,18)(H,17,19). The van der Waals surface area contributed by atoms with Crippen LogP contribution < -0.4 is 11.1 Å². The maximum Gasteiger partial charge on any atom is 0.252 e. The van der Waals surface area contributed by atoms with Crippen molar-refractivity contribution in [1.82, 2.24) is 5.32 Å². The predicted octanol–water partition coefficient (Wildman–Crippen LogP) is 2.51. The van der Waals surface area contributed by atoms with Gasteiger partial charge in [-0.15, -0.1) is 0 Å². The normalized spacial score (nSPS) is 12.3. The van der Waals surface area contributed by atoms with E-state index in [-0.39, 0.29) is 16.4 Å². The fourth-order valence-corrected chi connectivity index (χ4v) is 2.06. The first-order chi connectivity index (χ1) is 9.40. The zero-order valence-electron chi connectivity index (χ0n) is 11.3. The average Bonchev–Trinajstić information content (AvgIpc) is 2.46. The first-order valence-electron chi connectivity index (χ1n) is 6.15. The molecule has 0 bridgehead atoms. The molecule has 7 heteroatoms. The molecule has 0 fully saturated rings. The van der Waals surface area contributed by atoms with Crippen LogP contribution in [0.3, 0.4) is 0 Å². The number of amides is 1. The number of nitrogens with zero attached hydrogens (tertiary/aromatic N) is 1. The summed E-state index contributed by atoms with van der Waals surface area (Å²) in [7, 11) is 0. The molecule has 0 atom stereocenters. The maximum atomic E-state index is 13.1. The van der Waals surface area contributed by atoms with Crippen molar-refractivity contribution in [3.8, 4) is 0 Å². The Hall–Kier alpha value is -1.82. The van der Waals surface area contributed by atoms with Gasteiger partial charge in [-0.05, 0) is 31.0 Å². The Kier molecular flexibility index (Phi) is 5.33. The molecule has 0 saturated heterocycles. The van der Waals surface area contributed by atoms with E-state index in [1.807, 2.05) is 0 Å². The van der Waals surface area contributed by atoms with Gasteiger partial charge in [-0.1, -0.05) is 30.6 Å². The molecule has 1 aromatic carbocycles. The van der Waals surface area contributed by atoms with Crippen molar-refractivity contribution in [1.29, 1.82) is 0 Å². The number of hydrogen-bond acceptors (Lipinski definition) is 3. The smallest absolute Gasteiger partial charge is 0.252 e. The number of benzene rings is 1. The summed E-state index contributed by atoms with van der Waals surface area (Å²) in [5.74, 6) is -1.15. The Morgan fingerprint density at radius 3 is 2.55 bits per heavy atom. The van der Waals surface area contributed by atoms with E-state index < -0.39 is 17.3 Å². The zero-order chi connectivity index (χ0) is 15.3. The lowest BCUT2D eigenvalue weighted by Crippen LogP contribution is -2.56. The van der Waals surface area contributed by atoms with E-state index in [0.717, 1.165) is 6.07 Å². The van der Waals surface area contributed by atoms with Gasteiger partial charge in [0.2, 0.25) is 0 Å². The molecule has 1 aromatic rings. The number of carbonyl (C=O) groups is 1. The SMILES string of the molecule is CCC(CC)(NC(=O)c1ccc(F)c(Cl)c1)/C(N)=N/O. The lowest BCUT2D eigenvalue weighted by atomic mass is 9.91. The number of halogens is 2. The van der Waals surface area contributed by atoms with Crippen molar-refractivity contribution < 1.29 is 14.4 Å². The fraction of sp³-hybridized carbons (Fsp3) is 0.385. The second-order valence-corrected chi connectivity index (χ2v) is 4.76. The quantitative estimate of drug-likeness (QED) is 0.338. The van der Waals surface area contributed by atoms with Gasteiger partial charge in [-0.3, -0.25) is 4.79 Å². The maximum absolute atomic E-state index is 13.1. The predicted molar refractivity (Wildman–Crippen MR) is 75.6 cm³/mol. The first-order valence-corrected chi connectivity index (χ1v) is 6.53. The Labute approximate surface area is 121 Å². The van der Waals surface area contributed by atoms with Crippen molar-refractivity contribution >= 4 is 23.3 Å². The van der Waals surface area contributed by atoms with Crippen molar-refractivity contribution in [3.63, 3.8) is 0 Å². The molecule has 0 saturated carbocycles. The highest BCUT2D eigenvalue weighted by Crippen LogP contribution is 2.19. The van der Waals surface area contributed by atoms with Gasteiger partial charge in [-0.25, -0.2) is 4.39 Å². The van der Waals surface area contributed by atoms with Gasteiger partial charge in [0.05, 0.1) is 5.02 Å². The van der Waals surface area contributed by atoms with Gasteiger partial charge in [-0.2, -0.15) is 0 Å². The Bertz CT molecular complexity index is 530. The highest BCUT2D eigenvalue weighted by molar-refractivity contribution is 6.31. The Morgan fingerprint density at radius 1 is 1.50 bits per heavy atom. The number of nitrogens with two attached hydrogens (primary N) is 1. The van der Waals surface area contributed by atoms with E-state index in [9.17, 15) is 9.18 Å². The van der Waals surface area contributed by atoms with Crippen molar-refractivity contribution in [3.05, 3.63) is 34.6 Å².